The van der Waals surface area contributed by atoms with E-state index in [-0.39, 0.29) is 5.82 Å². The zero-order valence-electron chi connectivity index (χ0n) is 7.42. The number of halogens is 2. The van der Waals surface area contributed by atoms with Gasteiger partial charge in [0.2, 0.25) is 0 Å². The molecule has 0 saturated heterocycles. The largest absolute Gasteiger partial charge is 0.494 e. The Morgan fingerprint density at radius 2 is 2.21 bits per heavy atom. The van der Waals surface area contributed by atoms with Gasteiger partial charge in [-0.05, 0) is 12.1 Å². The summed E-state index contributed by atoms with van der Waals surface area (Å²) in [6.45, 7) is 0. The van der Waals surface area contributed by atoms with Crippen LogP contribution in [-0.4, -0.2) is 12.1 Å². The summed E-state index contributed by atoms with van der Waals surface area (Å²) in [6, 6.07) is 4.24. The van der Waals surface area contributed by atoms with Gasteiger partial charge in [-0.25, -0.2) is 4.39 Å². The highest BCUT2D eigenvalue weighted by atomic mass is 35.5. The molecule has 0 unspecified atom stereocenters. The van der Waals surface area contributed by atoms with Crippen LogP contribution in [-0.2, 0) is 0 Å². The maximum Gasteiger partial charge on any atom is 0.148 e. The van der Waals surface area contributed by atoms with Gasteiger partial charge in [-0.1, -0.05) is 11.6 Å². The number of pyridine rings is 1. The van der Waals surface area contributed by atoms with Crippen molar-refractivity contribution in [3.05, 3.63) is 35.2 Å². The van der Waals surface area contributed by atoms with Gasteiger partial charge >= 0.3 is 0 Å². The molecule has 0 radical (unpaired) electrons. The molecule has 0 spiro atoms. The molecule has 0 atom stereocenters. The second-order valence-electron chi connectivity index (χ2n) is 2.80. The Morgan fingerprint density at radius 3 is 2.93 bits per heavy atom. The van der Waals surface area contributed by atoms with E-state index in [1.54, 1.807) is 12.3 Å². The average molecular weight is 212 g/mol. The predicted molar refractivity (Wildman–Crippen MR) is 53.3 cm³/mol. The number of rotatable bonds is 1. The average Bonchev–Trinajstić information content (AvgIpc) is 2.18. The third kappa shape index (κ3) is 1.40. The number of hydrogen-bond acceptors (Lipinski definition) is 2. The van der Waals surface area contributed by atoms with E-state index in [0.717, 1.165) is 0 Å². The zero-order chi connectivity index (χ0) is 10.1. The lowest BCUT2D eigenvalue weighted by Crippen LogP contribution is -1.89. The van der Waals surface area contributed by atoms with Crippen molar-refractivity contribution in [1.82, 2.24) is 4.98 Å². The van der Waals surface area contributed by atoms with Gasteiger partial charge in [0.25, 0.3) is 0 Å². The second kappa shape index (κ2) is 3.42. The first kappa shape index (κ1) is 9.21. The van der Waals surface area contributed by atoms with Crippen LogP contribution in [0.15, 0.2) is 24.4 Å². The molecule has 0 saturated carbocycles. The van der Waals surface area contributed by atoms with Crippen LogP contribution in [0, 0.1) is 5.82 Å². The summed E-state index contributed by atoms with van der Waals surface area (Å²) in [7, 11) is 1.47. The SMILES string of the molecule is COc1cc(F)cc2c(Cl)ccnc12. The molecule has 72 valence electrons. The molecule has 2 rings (SSSR count). The fourth-order valence-electron chi connectivity index (χ4n) is 1.31. The van der Waals surface area contributed by atoms with Crippen LogP contribution in [0.2, 0.25) is 5.02 Å². The highest BCUT2D eigenvalue weighted by Gasteiger charge is 2.07. The molecule has 2 nitrogen and oxygen atoms in total. The molecule has 1 heterocycles. The monoisotopic (exact) mass is 211 g/mol. The Kier molecular flexibility index (Phi) is 2.25. The molecular formula is C10H7ClFNO. The van der Waals surface area contributed by atoms with E-state index in [1.807, 2.05) is 0 Å². The van der Waals surface area contributed by atoms with Crippen molar-refractivity contribution in [3.63, 3.8) is 0 Å². The zero-order valence-corrected chi connectivity index (χ0v) is 8.18. The lowest BCUT2D eigenvalue weighted by atomic mass is 10.2. The minimum atomic E-state index is -0.385. The predicted octanol–water partition coefficient (Wildman–Crippen LogP) is 3.04. The van der Waals surface area contributed by atoms with Crippen molar-refractivity contribution in [2.75, 3.05) is 7.11 Å². The molecular weight excluding hydrogens is 205 g/mol. The summed E-state index contributed by atoms with van der Waals surface area (Å²) in [6.07, 6.45) is 1.56. The van der Waals surface area contributed by atoms with Crippen molar-refractivity contribution >= 4 is 22.5 Å². The van der Waals surface area contributed by atoms with Gasteiger partial charge in [-0.3, -0.25) is 4.98 Å². The Morgan fingerprint density at radius 1 is 1.43 bits per heavy atom. The quantitative estimate of drug-likeness (QED) is 0.723. The standard InChI is InChI=1S/C10H7ClFNO/c1-14-9-5-6(12)4-7-8(11)2-3-13-10(7)9/h2-5H,1H3. The van der Waals surface area contributed by atoms with Gasteiger partial charge in [0.1, 0.15) is 17.1 Å². The summed E-state index contributed by atoms with van der Waals surface area (Å²) in [5.74, 6) is 0.00625. The molecule has 0 aliphatic carbocycles. The van der Waals surface area contributed by atoms with E-state index in [4.69, 9.17) is 16.3 Å². The first-order valence-electron chi connectivity index (χ1n) is 4.00. The fraction of sp³-hybridized carbons (Fsp3) is 0.100. The maximum atomic E-state index is 13.1. The van der Waals surface area contributed by atoms with Crippen molar-refractivity contribution in [1.29, 1.82) is 0 Å². The van der Waals surface area contributed by atoms with Crippen molar-refractivity contribution in [3.8, 4) is 5.75 Å². The van der Waals surface area contributed by atoms with Gasteiger partial charge in [-0.15, -0.1) is 0 Å². The van der Waals surface area contributed by atoms with Crippen LogP contribution < -0.4 is 4.74 Å². The molecule has 14 heavy (non-hydrogen) atoms. The Labute approximate surface area is 85.3 Å². The van der Waals surface area contributed by atoms with Crippen LogP contribution in [0.25, 0.3) is 10.9 Å². The summed E-state index contributed by atoms with van der Waals surface area (Å²) in [5, 5.41) is 1.03. The first-order chi connectivity index (χ1) is 6.72. The van der Waals surface area contributed by atoms with Crippen LogP contribution in [0.4, 0.5) is 4.39 Å². The molecule has 1 aromatic carbocycles. The molecule has 0 fully saturated rings. The summed E-state index contributed by atoms with van der Waals surface area (Å²) in [4.78, 5) is 4.08. The number of nitrogens with zero attached hydrogens (tertiary/aromatic N) is 1. The fourth-order valence-corrected chi connectivity index (χ4v) is 1.51. The van der Waals surface area contributed by atoms with E-state index < -0.39 is 0 Å². The van der Waals surface area contributed by atoms with Crippen LogP contribution in [0.1, 0.15) is 0 Å². The molecule has 4 heteroatoms. The maximum absolute atomic E-state index is 13.1. The van der Waals surface area contributed by atoms with Crippen LogP contribution in [0.3, 0.4) is 0 Å². The minimum absolute atomic E-state index is 0.385. The van der Waals surface area contributed by atoms with E-state index in [1.165, 1.54) is 19.2 Å². The number of hydrogen-bond donors (Lipinski definition) is 0. The summed E-state index contributed by atoms with van der Waals surface area (Å²) >= 11 is 5.90. The van der Waals surface area contributed by atoms with Gasteiger partial charge in [0, 0.05) is 17.6 Å². The number of methoxy groups -OCH3 is 1. The number of ether oxygens (including phenoxy) is 1. The normalized spacial score (nSPS) is 10.5. The Balaban J connectivity index is 2.87. The Hall–Kier alpha value is -1.35. The van der Waals surface area contributed by atoms with E-state index >= 15 is 0 Å². The summed E-state index contributed by atoms with van der Waals surface area (Å²) in [5.41, 5.74) is 0.571. The van der Waals surface area contributed by atoms with E-state index in [0.29, 0.717) is 21.7 Å². The minimum Gasteiger partial charge on any atom is -0.494 e. The van der Waals surface area contributed by atoms with Gasteiger partial charge in [-0.2, -0.15) is 0 Å². The topological polar surface area (TPSA) is 22.1 Å². The van der Waals surface area contributed by atoms with Crippen LogP contribution >= 0.6 is 11.6 Å². The third-order valence-electron chi connectivity index (χ3n) is 1.94. The molecule has 0 aliphatic rings. The lowest BCUT2D eigenvalue weighted by molar-refractivity contribution is 0.415. The molecule has 0 amide bonds. The van der Waals surface area contributed by atoms with Gasteiger partial charge in [0.05, 0.1) is 12.1 Å². The highest BCUT2D eigenvalue weighted by Crippen LogP contribution is 2.29. The smallest absolute Gasteiger partial charge is 0.148 e. The van der Waals surface area contributed by atoms with Crippen molar-refractivity contribution in [2.45, 2.75) is 0 Å². The van der Waals surface area contributed by atoms with Gasteiger partial charge in [0.15, 0.2) is 0 Å². The first-order valence-corrected chi connectivity index (χ1v) is 4.38. The molecule has 2 aromatic rings. The molecule has 0 aliphatic heterocycles. The summed E-state index contributed by atoms with van der Waals surface area (Å²) < 4.78 is 18.1. The van der Waals surface area contributed by atoms with Gasteiger partial charge < -0.3 is 4.74 Å². The lowest BCUT2D eigenvalue weighted by Gasteiger charge is -2.05. The van der Waals surface area contributed by atoms with Crippen molar-refractivity contribution in [2.24, 2.45) is 0 Å². The number of aromatic nitrogens is 1. The molecule has 1 aromatic heterocycles. The Bertz CT molecular complexity index is 487. The van der Waals surface area contributed by atoms with Crippen molar-refractivity contribution < 1.29 is 9.13 Å². The highest BCUT2D eigenvalue weighted by molar-refractivity contribution is 6.35. The van der Waals surface area contributed by atoms with E-state index in [2.05, 4.69) is 4.98 Å². The number of benzene rings is 1. The van der Waals surface area contributed by atoms with Crippen LogP contribution in [0.5, 0.6) is 5.75 Å². The second-order valence-corrected chi connectivity index (χ2v) is 3.20. The third-order valence-corrected chi connectivity index (χ3v) is 2.27. The molecule has 0 N–H and O–H groups in total. The van der Waals surface area contributed by atoms with E-state index in [9.17, 15) is 4.39 Å². The number of fused-ring (bicyclic) bond motifs is 1. The molecule has 0 bridgehead atoms.